The van der Waals surface area contributed by atoms with E-state index in [1.54, 1.807) is 0 Å². The molecule has 0 aliphatic heterocycles. The topological polar surface area (TPSA) is 115 Å². The molecule has 0 saturated carbocycles. The van der Waals surface area contributed by atoms with Gasteiger partial charge >= 0.3 is 10.1 Å². The molecule has 0 heterocycles. The highest BCUT2D eigenvalue weighted by atomic mass is 32.2. The SMILES string of the molecule is CC([N+](CCCO)(CCCO)CCCO)S(=O)(=O)O. The molecule has 0 aromatic carbocycles. The van der Waals surface area contributed by atoms with E-state index >= 15 is 0 Å². The van der Waals surface area contributed by atoms with E-state index in [-0.39, 0.29) is 24.3 Å². The Labute approximate surface area is 114 Å². The second-order valence-electron chi connectivity index (χ2n) is 4.74. The molecule has 0 aromatic rings. The van der Waals surface area contributed by atoms with E-state index < -0.39 is 15.5 Å². The van der Waals surface area contributed by atoms with Crippen molar-refractivity contribution in [1.82, 2.24) is 0 Å². The average molecular weight is 300 g/mol. The molecule has 0 aliphatic carbocycles. The lowest BCUT2D eigenvalue weighted by Crippen LogP contribution is -2.59. The van der Waals surface area contributed by atoms with Crippen LogP contribution in [0.25, 0.3) is 0 Å². The Balaban J connectivity index is 5.19. The quantitative estimate of drug-likeness (QED) is 0.293. The fraction of sp³-hybridized carbons (Fsp3) is 1.00. The van der Waals surface area contributed by atoms with Crippen molar-refractivity contribution < 1.29 is 32.8 Å². The van der Waals surface area contributed by atoms with Crippen LogP contribution in [0.2, 0.25) is 0 Å². The second kappa shape index (κ2) is 8.83. The minimum Gasteiger partial charge on any atom is -0.396 e. The van der Waals surface area contributed by atoms with Crippen LogP contribution in [0.15, 0.2) is 0 Å². The number of quaternary nitrogens is 1. The molecule has 1 atom stereocenters. The highest BCUT2D eigenvalue weighted by Crippen LogP contribution is 2.21. The molecule has 4 N–H and O–H groups in total. The molecule has 19 heavy (non-hydrogen) atoms. The fourth-order valence-corrected chi connectivity index (χ4v) is 3.20. The highest BCUT2D eigenvalue weighted by molar-refractivity contribution is 7.86. The maximum Gasteiger partial charge on any atom is 0.319 e. The van der Waals surface area contributed by atoms with Crippen LogP contribution in [0.1, 0.15) is 26.2 Å². The van der Waals surface area contributed by atoms with E-state index in [9.17, 15) is 13.0 Å². The van der Waals surface area contributed by atoms with Gasteiger partial charge in [-0.05, 0) is 0 Å². The van der Waals surface area contributed by atoms with Gasteiger partial charge in [0, 0.05) is 46.0 Å². The number of hydrogen-bond acceptors (Lipinski definition) is 5. The van der Waals surface area contributed by atoms with Crippen LogP contribution in [-0.2, 0) is 10.1 Å². The summed E-state index contributed by atoms with van der Waals surface area (Å²) >= 11 is 0. The first-order valence-corrected chi connectivity index (χ1v) is 7.99. The Bertz CT molecular complexity index is 310. The lowest BCUT2D eigenvalue weighted by atomic mass is 10.2. The molecule has 0 spiro atoms. The summed E-state index contributed by atoms with van der Waals surface area (Å²) in [6, 6.07) is 0. The molecule has 0 radical (unpaired) electrons. The number of rotatable bonds is 11. The van der Waals surface area contributed by atoms with Gasteiger partial charge in [0.25, 0.3) is 0 Å². The molecule has 1 unspecified atom stereocenters. The molecule has 0 rings (SSSR count). The van der Waals surface area contributed by atoms with Crippen LogP contribution >= 0.6 is 0 Å². The molecule has 7 nitrogen and oxygen atoms in total. The summed E-state index contributed by atoms with van der Waals surface area (Å²) in [6.07, 6.45) is 1.20. The van der Waals surface area contributed by atoms with Crippen molar-refractivity contribution in [2.45, 2.75) is 31.6 Å². The molecule has 0 aliphatic rings. The maximum absolute atomic E-state index is 11.4. The third-order valence-electron chi connectivity index (χ3n) is 3.49. The van der Waals surface area contributed by atoms with Crippen LogP contribution in [0.4, 0.5) is 0 Å². The minimum atomic E-state index is -4.22. The molecule has 116 valence electrons. The van der Waals surface area contributed by atoms with Gasteiger partial charge in [-0.1, -0.05) is 0 Å². The summed E-state index contributed by atoms with van der Waals surface area (Å²) in [5.74, 6) is 0. The van der Waals surface area contributed by atoms with Crippen molar-refractivity contribution in [3.63, 3.8) is 0 Å². The predicted octanol–water partition coefficient (Wildman–Crippen LogP) is -0.816. The molecule has 0 aromatic heterocycles. The van der Waals surface area contributed by atoms with Gasteiger partial charge in [0.05, 0.1) is 19.6 Å². The first-order valence-electron chi connectivity index (χ1n) is 6.48. The third-order valence-corrected chi connectivity index (χ3v) is 4.80. The molecular weight excluding hydrogens is 274 g/mol. The first-order chi connectivity index (χ1) is 8.84. The molecule has 0 bridgehead atoms. The normalized spacial score (nSPS) is 14.6. The summed E-state index contributed by atoms with van der Waals surface area (Å²) in [5, 5.41) is 25.8. The van der Waals surface area contributed by atoms with Crippen LogP contribution in [0.3, 0.4) is 0 Å². The van der Waals surface area contributed by atoms with E-state index in [4.69, 9.17) is 15.3 Å². The zero-order valence-electron chi connectivity index (χ0n) is 11.4. The van der Waals surface area contributed by atoms with Gasteiger partial charge in [-0.3, -0.25) is 4.55 Å². The van der Waals surface area contributed by atoms with Gasteiger partial charge in [0.15, 0.2) is 0 Å². The van der Waals surface area contributed by atoms with E-state index in [1.165, 1.54) is 6.92 Å². The first kappa shape index (κ1) is 18.8. The van der Waals surface area contributed by atoms with Crippen LogP contribution < -0.4 is 0 Å². The minimum absolute atomic E-state index is 0.0422. The number of nitrogens with zero attached hydrogens (tertiary/aromatic N) is 1. The predicted molar refractivity (Wildman–Crippen MR) is 71.0 cm³/mol. The zero-order valence-corrected chi connectivity index (χ0v) is 12.2. The summed E-state index contributed by atoms with van der Waals surface area (Å²) in [6.45, 7) is 2.32. The van der Waals surface area contributed by atoms with Crippen molar-refractivity contribution in [3.05, 3.63) is 0 Å². The van der Waals surface area contributed by atoms with Gasteiger partial charge in [-0.2, -0.15) is 8.42 Å². The van der Waals surface area contributed by atoms with E-state index in [2.05, 4.69) is 0 Å². The Morgan fingerprint density at radius 1 is 0.895 bits per heavy atom. The van der Waals surface area contributed by atoms with Crippen molar-refractivity contribution in [2.24, 2.45) is 0 Å². The standard InChI is InChI=1S/C11H25NO6S/c1-11(19(16,17)18)12(5-2-8-13,6-3-9-14)7-4-10-15/h11,13-15H,2-10H2,1H3/p+1. The van der Waals surface area contributed by atoms with Crippen molar-refractivity contribution in [3.8, 4) is 0 Å². The average Bonchev–Trinajstić information content (AvgIpc) is 2.36. The van der Waals surface area contributed by atoms with Gasteiger partial charge < -0.3 is 19.8 Å². The van der Waals surface area contributed by atoms with Crippen LogP contribution in [-0.4, -0.2) is 77.6 Å². The second-order valence-corrected chi connectivity index (χ2v) is 6.45. The highest BCUT2D eigenvalue weighted by Gasteiger charge is 2.40. The Morgan fingerprint density at radius 2 is 1.21 bits per heavy atom. The molecule has 8 heteroatoms. The smallest absolute Gasteiger partial charge is 0.319 e. The van der Waals surface area contributed by atoms with Crippen LogP contribution in [0.5, 0.6) is 0 Å². The summed E-state index contributed by atoms with van der Waals surface area (Å²) < 4.78 is 32.2. The molecular formula is C11H26NO6S+. The third kappa shape index (κ3) is 6.15. The van der Waals surface area contributed by atoms with Gasteiger partial charge in [0.1, 0.15) is 0 Å². The lowest BCUT2D eigenvalue weighted by molar-refractivity contribution is -0.937. The van der Waals surface area contributed by atoms with Crippen molar-refractivity contribution >= 4 is 10.1 Å². The van der Waals surface area contributed by atoms with Gasteiger partial charge in [-0.25, -0.2) is 0 Å². The number of aliphatic hydroxyl groups is 3. The molecule has 0 saturated heterocycles. The van der Waals surface area contributed by atoms with Crippen LogP contribution in [0, 0.1) is 0 Å². The zero-order chi connectivity index (χ0) is 14.9. The summed E-state index contributed by atoms with van der Waals surface area (Å²) in [5.41, 5.74) is 0. The van der Waals surface area contributed by atoms with Crippen molar-refractivity contribution in [2.75, 3.05) is 39.5 Å². The fourth-order valence-electron chi connectivity index (χ4n) is 2.32. The van der Waals surface area contributed by atoms with E-state index in [1.807, 2.05) is 0 Å². The summed E-state index contributed by atoms with van der Waals surface area (Å²) in [4.78, 5) is 0. The van der Waals surface area contributed by atoms with Gasteiger partial charge in [-0.15, -0.1) is 0 Å². The summed E-state index contributed by atoms with van der Waals surface area (Å²) in [7, 11) is -4.22. The van der Waals surface area contributed by atoms with Crippen molar-refractivity contribution in [1.29, 1.82) is 0 Å². The Morgan fingerprint density at radius 3 is 1.42 bits per heavy atom. The van der Waals surface area contributed by atoms with Gasteiger partial charge in [0.2, 0.25) is 5.37 Å². The van der Waals surface area contributed by atoms with E-state index in [0.29, 0.717) is 38.9 Å². The lowest BCUT2D eigenvalue weighted by Gasteiger charge is -2.42. The number of hydrogen-bond donors (Lipinski definition) is 4. The van der Waals surface area contributed by atoms with E-state index in [0.717, 1.165) is 0 Å². The largest absolute Gasteiger partial charge is 0.396 e. The molecule has 0 fully saturated rings. The number of aliphatic hydroxyl groups excluding tert-OH is 3. The molecule has 0 amide bonds. The Kier molecular flexibility index (Phi) is 8.71. The Hall–Kier alpha value is -0.250. The maximum atomic E-state index is 11.4. The monoisotopic (exact) mass is 300 g/mol.